The van der Waals surface area contributed by atoms with E-state index in [0.29, 0.717) is 25.3 Å². The first-order valence-corrected chi connectivity index (χ1v) is 20.8. The van der Waals surface area contributed by atoms with Crippen molar-refractivity contribution in [2.45, 2.75) is 116 Å². The minimum absolute atomic E-state index is 0.00695. The Hall–Kier alpha value is -5.96. The van der Waals surface area contributed by atoms with E-state index in [-0.39, 0.29) is 36.0 Å². The molecule has 2 saturated heterocycles. The Morgan fingerprint density at radius 1 is 0.850 bits per heavy atom. The van der Waals surface area contributed by atoms with Gasteiger partial charge in [-0.1, -0.05) is 32.0 Å². The summed E-state index contributed by atoms with van der Waals surface area (Å²) in [7, 11) is 2.51. The molecule has 5 heterocycles. The van der Waals surface area contributed by atoms with Crippen LogP contribution in [0.2, 0.25) is 0 Å². The number of nitrogens with zero attached hydrogens (tertiary/aromatic N) is 4. The number of imidazole rings is 1. The van der Waals surface area contributed by atoms with E-state index in [2.05, 4.69) is 65.0 Å². The van der Waals surface area contributed by atoms with Crippen LogP contribution in [-0.2, 0) is 32.1 Å². The summed E-state index contributed by atoms with van der Waals surface area (Å²) in [5, 5.41) is 17.8. The molecule has 0 spiro atoms. The SMILES string of the molecule is COC(=O)NC(C(=O)N1[C@@H](C)CC[C@H]1c1ncc(-c2ccc3c(c2)COc2cc4c5c(ccc4cc2-3)N=C([C@@H]2CC[C@H](C)N2C(=O)[C@@H](NC(=O)OC)C(C)C)C5)[nH]1)[C@@H](C)O. The zero-order valence-corrected chi connectivity index (χ0v) is 35.1. The van der Waals surface area contributed by atoms with Gasteiger partial charge in [-0.25, -0.2) is 14.6 Å². The third-order valence-corrected chi connectivity index (χ3v) is 12.7. The van der Waals surface area contributed by atoms with E-state index < -0.39 is 36.3 Å². The number of carbonyl (C=O) groups excluding carboxylic acids is 4. The van der Waals surface area contributed by atoms with Crippen molar-refractivity contribution in [2.24, 2.45) is 10.9 Å². The Morgan fingerprint density at radius 3 is 2.20 bits per heavy atom. The molecule has 7 atom stereocenters. The first-order chi connectivity index (χ1) is 28.8. The molecular weight excluding hydrogens is 767 g/mol. The quantitative estimate of drug-likeness (QED) is 0.150. The summed E-state index contributed by atoms with van der Waals surface area (Å²) in [5.41, 5.74) is 7.81. The number of amides is 4. The van der Waals surface area contributed by atoms with Crippen LogP contribution in [-0.4, -0.2) is 105 Å². The van der Waals surface area contributed by atoms with E-state index in [1.54, 1.807) is 11.1 Å². The summed E-state index contributed by atoms with van der Waals surface area (Å²) in [6.07, 6.45) is 2.92. The van der Waals surface area contributed by atoms with Crippen LogP contribution in [0.1, 0.15) is 83.3 Å². The van der Waals surface area contributed by atoms with Gasteiger partial charge in [0.1, 0.15) is 30.3 Å². The summed E-state index contributed by atoms with van der Waals surface area (Å²) in [4.78, 5) is 68.7. The van der Waals surface area contributed by atoms with Crippen LogP contribution in [0.15, 0.2) is 53.7 Å². The van der Waals surface area contributed by atoms with Gasteiger partial charge in [-0.3, -0.25) is 14.6 Å². The summed E-state index contributed by atoms with van der Waals surface area (Å²) in [6.45, 7) is 9.69. The van der Waals surface area contributed by atoms with Crippen molar-refractivity contribution in [1.29, 1.82) is 0 Å². The van der Waals surface area contributed by atoms with Gasteiger partial charge in [0, 0.05) is 29.8 Å². The maximum absolute atomic E-state index is 14.0. The molecule has 4 amide bonds. The van der Waals surface area contributed by atoms with Crippen molar-refractivity contribution in [3.8, 4) is 28.1 Å². The smallest absolute Gasteiger partial charge is 0.407 e. The number of alkyl carbamates (subject to hydrolysis) is 2. The van der Waals surface area contributed by atoms with Crippen LogP contribution in [0, 0.1) is 5.92 Å². The molecule has 0 saturated carbocycles. The van der Waals surface area contributed by atoms with Gasteiger partial charge in [0.25, 0.3) is 0 Å². The lowest BCUT2D eigenvalue weighted by atomic mass is 9.90. The highest BCUT2D eigenvalue weighted by atomic mass is 16.5. The number of H-pyrrole nitrogens is 1. The molecule has 4 aliphatic rings. The molecular formula is C45H53N7O8. The Labute approximate surface area is 348 Å². The lowest BCUT2D eigenvalue weighted by Crippen LogP contribution is -2.55. The van der Waals surface area contributed by atoms with E-state index in [1.807, 2.05) is 25.7 Å². The number of likely N-dealkylation sites (tertiary alicyclic amines) is 2. The molecule has 316 valence electrons. The van der Waals surface area contributed by atoms with Gasteiger partial charge in [0.2, 0.25) is 11.8 Å². The molecule has 3 aromatic carbocycles. The number of hydrogen-bond acceptors (Lipinski definition) is 10. The number of hydrogen-bond donors (Lipinski definition) is 4. The van der Waals surface area contributed by atoms with Crippen LogP contribution in [0.4, 0.5) is 15.3 Å². The Morgan fingerprint density at radius 2 is 1.52 bits per heavy atom. The van der Waals surface area contributed by atoms with Gasteiger partial charge in [-0.05, 0) is 110 Å². The first-order valence-electron chi connectivity index (χ1n) is 20.8. The highest BCUT2D eigenvalue weighted by molar-refractivity contribution is 6.06. The predicted molar refractivity (Wildman–Crippen MR) is 225 cm³/mol. The maximum atomic E-state index is 14.0. The fourth-order valence-corrected chi connectivity index (χ4v) is 9.44. The number of aromatic amines is 1. The van der Waals surface area contributed by atoms with Crippen LogP contribution < -0.4 is 15.4 Å². The molecule has 0 bridgehead atoms. The lowest BCUT2D eigenvalue weighted by molar-refractivity contribution is -0.139. The minimum Gasteiger partial charge on any atom is -0.488 e. The molecule has 4 aromatic rings. The molecule has 60 heavy (non-hydrogen) atoms. The number of ether oxygens (including phenoxy) is 3. The van der Waals surface area contributed by atoms with Crippen LogP contribution in [0.3, 0.4) is 0 Å². The maximum Gasteiger partial charge on any atom is 0.407 e. The van der Waals surface area contributed by atoms with E-state index in [0.717, 1.165) is 80.7 Å². The Kier molecular flexibility index (Phi) is 11.0. The fourth-order valence-electron chi connectivity index (χ4n) is 9.44. The number of aromatic nitrogens is 2. The van der Waals surface area contributed by atoms with E-state index in [1.165, 1.54) is 21.1 Å². The minimum atomic E-state index is -1.16. The molecule has 4 N–H and O–H groups in total. The molecule has 15 heteroatoms. The van der Waals surface area contributed by atoms with Gasteiger partial charge < -0.3 is 44.7 Å². The lowest BCUT2D eigenvalue weighted by Gasteiger charge is -2.33. The molecule has 4 aliphatic heterocycles. The molecule has 0 radical (unpaired) electrons. The van der Waals surface area contributed by atoms with Crippen molar-refractivity contribution in [1.82, 2.24) is 30.4 Å². The van der Waals surface area contributed by atoms with Gasteiger partial charge in [0.05, 0.1) is 50.0 Å². The normalized spacial score (nSPS) is 22.0. The average Bonchev–Trinajstić information content (AvgIpc) is 4.06. The molecule has 8 rings (SSSR count). The van der Waals surface area contributed by atoms with Gasteiger partial charge in [0.15, 0.2) is 0 Å². The first kappa shape index (κ1) is 40.8. The molecule has 0 aliphatic carbocycles. The summed E-state index contributed by atoms with van der Waals surface area (Å²) >= 11 is 0. The fraction of sp³-hybridized carbons (Fsp3) is 0.467. The number of methoxy groups -OCH3 is 2. The number of nitrogens with one attached hydrogen (secondary N) is 3. The standard InChI is InChI=1S/C45H53N7O8/c1-22(2)39(49-44(56)58-6)42(54)51-23(3)8-14-36(51)34-18-31-30-19-38-32(17-26(30)11-13-33(31)47-34)29-12-10-27(16-28(29)21-60-38)35-20-46-41(48-35)37-15-9-24(4)52(37)43(55)40(25(5)53)50-45(57)59-7/h10-13,16-17,19-20,22-25,36-37,39-40,53H,8-9,14-15,18,21H2,1-7H3,(H,46,48)(H,49,56)(H,50,57)/t23-,24-,25+,36-,37-,39-,40?/m0/s1. The second-order valence-corrected chi connectivity index (χ2v) is 16.8. The monoisotopic (exact) mass is 819 g/mol. The number of rotatable bonds is 9. The largest absolute Gasteiger partial charge is 0.488 e. The Bertz CT molecular complexity index is 2390. The number of aliphatic hydroxyl groups is 1. The van der Waals surface area contributed by atoms with E-state index in [9.17, 15) is 24.3 Å². The summed E-state index contributed by atoms with van der Waals surface area (Å²) < 4.78 is 16.0. The number of aliphatic hydroxyl groups excluding tert-OH is 1. The van der Waals surface area contributed by atoms with Gasteiger partial charge in [-0.15, -0.1) is 0 Å². The number of aliphatic imine (C=N–C) groups is 1. The topological polar surface area (TPSA) is 188 Å². The van der Waals surface area contributed by atoms with Gasteiger partial charge in [-0.2, -0.15) is 0 Å². The van der Waals surface area contributed by atoms with Crippen molar-refractivity contribution >= 4 is 46.2 Å². The molecule has 1 unspecified atom stereocenters. The average molecular weight is 820 g/mol. The van der Waals surface area contributed by atoms with Gasteiger partial charge >= 0.3 is 12.2 Å². The zero-order chi connectivity index (χ0) is 42.6. The number of fused-ring (bicyclic) bond motifs is 6. The molecule has 1 aromatic heterocycles. The third-order valence-electron chi connectivity index (χ3n) is 12.7. The third kappa shape index (κ3) is 7.33. The van der Waals surface area contributed by atoms with Crippen molar-refractivity contribution in [2.75, 3.05) is 14.2 Å². The molecule has 15 nitrogen and oxygen atoms in total. The summed E-state index contributed by atoms with van der Waals surface area (Å²) in [5.74, 6) is 0.792. The Balaban J connectivity index is 1.01. The van der Waals surface area contributed by atoms with E-state index in [4.69, 9.17) is 24.2 Å². The van der Waals surface area contributed by atoms with Crippen molar-refractivity contribution < 1.29 is 38.5 Å². The van der Waals surface area contributed by atoms with Crippen molar-refractivity contribution in [3.63, 3.8) is 0 Å². The van der Waals surface area contributed by atoms with Crippen LogP contribution in [0.5, 0.6) is 5.75 Å². The summed E-state index contributed by atoms with van der Waals surface area (Å²) in [6, 6.07) is 12.2. The van der Waals surface area contributed by atoms with E-state index >= 15 is 0 Å². The number of carbonyl (C=O) groups is 4. The van der Waals surface area contributed by atoms with Crippen LogP contribution in [0.25, 0.3) is 33.2 Å². The highest BCUT2D eigenvalue weighted by Crippen LogP contribution is 2.45. The predicted octanol–water partition coefficient (Wildman–Crippen LogP) is 6.34. The molecule has 2 fully saturated rings. The van der Waals surface area contributed by atoms with Crippen LogP contribution >= 0.6 is 0 Å². The number of benzene rings is 3. The zero-order valence-electron chi connectivity index (χ0n) is 35.1. The second-order valence-electron chi connectivity index (χ2n) is 16.8. The highest BCUT2D eigenvalue weighted by Gasteiger charge is 2.44. The second kappa shape index (κ2) is 16.2. The van der Waals surface area contributed by atoms with Crippen molar-refractivity contribution in [3.05, 3.63) is 65.6 Å².